The summed E-state index contributed by atoms with van der Waals surface area (Å²) in [6, 6.07) is 0.703. The zero-order valence-electron chi connectivity index (χ0n) is 14.2. The Labute approximate surface area is 125 Å². The molecule has 0 aliphatic carbocycles. The van der Waals surface area contributed by atoms with E-state index < -0.39 is 0 Å². The van der Waals surface area contributed by atoms with Crippen LogP contribution < -0.4 is 0 Å². The molecule has 118 valence electrons. The Morgan fingerprint density at radius 2 is 1.70 bits per heavy atom. The van der Waals surface area contributed by atoms with Crippen LogP contribution in [0.4, 0.5) is 0 Å². The molecular weight excluding hydrogens is 248 g/mol. The van der Waals surface area contributed by atoms with Crippen molar-refractivity contribution in [3.8, 4) is 0 Å². The van der Waals surface area contributed by atoms with E-state index >= 15 is 0 Å². The first-order chi connectivity index (χ1) is 9.60. The first-order valence-corrected chi connectivity index (χ1v) is 8.59. The number of hydrogen-bond donors (Lipinski definition) is 0. The van der Waals surface area contributed by atoms with Gasteiger partial charge in [0.15, 0.2) is 0 Å². The summed E-state index contributed by atoms with van der Waals surface area (Å²) in [5, 5.41) is 0. The standard InChI is InChI=1S/C15H28N2O.C2H6/c1-4-15(18)14-5-7-16(8-6-14)9-13-10-17(11-13)12(2)3;1-2/h12-14H,4-11H2,1-3H3;1-2H3. The normalized spacial score (nSPS) is 22.3. The molecule has 2 aliphatic heterocycles. The van der Waals surface area contributed by atoms with E-state index in [-0.39, 0.29) is 0 Å². The van der Waals surface area contributed by atoms with Crippen LogP contribution in [0.5, 0.6) is 0 Å². The van der Waals surface area contributed by atoms with Gasteiger partial charge in [-0.05, 0) is 45.7 Å². The van der Waals surface area contributed by atoms with Gasteiger partial charge in [0.1, 0.15) is 5.78 Å². The minimum absolute atomic E-state index is 0.361. The number of carbonyl (C=O) groups is 1. The molecule has 0 aromatic rings. The molecule has 0 radical (unpaired) electrons. The van der Waals surface area contributed by atoms with Crippen molar-refractivity contribution in [1.29, 1.82) is 0 Å². The second-order valence-corrected chi connectivity index (χ2v) is 6.31. The van der Waals surface area contributed by atoms with Gasteiger partial charge in [-0.3, -0.25) is 4.79 Å². The highest BCUT2D eigenvalue weighted by atomic mass is 16.1. The Kier molecular flexibility index (Phi) is 7.75. The average molecular weight is 282 g/mol. The molecule has 0 amide bonds. The fourth-order valence-electron chi connectivity index (χ4n) is 3.24. The molecule has 0 spiro atoms. The van der Waals surface area contributed by atoms with Gasteiger partial charge in [0.05, 0.1) is 0 Å². The van der Waals surface area contributed by atoms with Crippen molar-refractivity contribution >= 4 is 5.78 Å². The SMILES string of the molecule is CC.CCC(=O)C1CCN(CC2CN(C(C)C)C2)CC1. The summed E-state index contributed by atoms with van der Waals surface area (Å²) in [6.07, 6.45) is 2.90. The van der Waals surface area contributed by atoms with E-state index in [0.717, 1.165) is 38.3 Å². The van der Waals surface area contributed by atoms with Gasteiger partial charge in [-0.2, -0.15) is 0 Å². The number of piperidine rings is 1. The van der Waals surface area contributed by atoms with Gasteiger partial charge in [0, 0.05) is 38.0 Å². The number of nitrogens with zero attached hydrogens (tertiary/aromatic N) is 2. The van der Waals surface area contributed by atoms with Crippen LogP contribution >= 0.6 is 0 Å². The molecule has 0 aromatic heterocycles. The Hall–Kier alpha value is -0.410. The number of ketones is 1. The van der Waals surface area contributed by atoms with Crippen LogP contribution in [-0.2, 0) is 4.79 Å². The molecule has 2 fully saturated rings. The number of carbonyl (C=O) groups excluding carboxylic acids is 1. The van der Waals surface area contributed by atoms with E-state index in [2.05, 4.69) is 23.6 Å². The molecule has 2 aliphatic rings. The number of Topliss-reactive ketones (excluding diaryl/α,β-unsaturated/α-hetero) is 1. The third kappa shape index (κ3) is 4.85. The minimum Gasteiger partial charge on any atom is -0.303 e. The van der Waals surface area contributed by atoms with Crippen molar-refractivity contribution in [1.82, 2.24) is 9.80 Å². The van der Waals surface area contributed by atoms with Crippen molar-refractivity contribution < 1.29 is 4.79 Å². The Morgan fingerprint density at radius 3 is 2.15 bits per heavy atom. The molecule has 2 saturated heterocycles. The molecule has 3 nitrogen and oxygen atoms in total. The third-order valence-electron chi connectivity index (χ3n) is 4.62. The lowest BCUT2D eigenvalue weighted by atomic mass is 9.90. The molecule has 3 heteroatoms. The van der Waals surface area contributed by atoms with Gasteiger partial charge in [0.2, 0.25) is 0 Å². The summed E-state index contributed by atoms with van der Waals surface area (Å²) in [4.78, 5) is 16.8. The monoisotopic (exact) mass is 282 g/mol. The van der Waals surface area contributed by atoms with Gasteiger partial charge in [-0.15, -0.1) is 0 Å². The summed E-state index contributed by atoms with van der Waals surface area (Å²) in [5.41, 5.74) is 0. The quantitative estimate of drug-likeness (QED) is 0.774. The van der Waals surface area contributed by atoms with Crippen LogP contribution in [0, 0.1) is 11.8 Å². The van der Waals surface area contributed by atoms with Gasteiger partial charge in [-0.25, -0.2) is 0 Å². The molecule has 0 aromatic carbocycles. The maximum Gasteiger partial charge on any atom is 0.135 e. The fraction of sp³-hybridized carbons (Fsp3) is 0.941. The van der Waals surface area contributed by atoms with E-state index in [1.54, 1.807) is 0 Å². The maximum atomic E-state index is 11.7. The lowest BCUT2D eigenvalue weighted by Crippen LogP contribution is -2.54. The molecule has 2 heterocycles. The van der Waals surface area contributed by atoms with E-state index in [0.29, 0.717) is 17.7 Å². The topological polar surface area (TPSA) is 23.6 Å². The molecule has 0 atom stereocenters. The lowest BCUT2D eigenvalue weighted by molar-refractivity contribution is -0.124. The molecular formula is C17H34N2O. The predicted octanol–water partition coefficient (Wildman–Crippen LogP) is 3.04. The predicted molar refractivity (Wildman–Crippen MR) is 86.0 cm³/mol. The van der Waals surface area contributed by atoms with Crippen molar-refractivity contribution in [3.05, 3.63) is 0 Å². The van der Waals surface area contributed by atoms with Crippen LogP contribution in [0.2, 0.25) is 0 Å². The van der Waals surface area contributed by atoms with Gasteiger partial charge < -0.3 is 9.80 Å². The van der Waals surface area contributed by atoms with Crippen LogP contribution in [0.3, 0.4) is 0 Å². The molecule has 20 heavy (non-hydrogen) atoms. The minimum atomic E-state index is 0.361. The largest absolute Gasteiger partial charge is 0.303 e. The molecule has 2 rings (SSSR count). The van der Waals surface area contributed by atoms with Crippen molar-refractivity contribution in [2.75, 3.05) is 32.7 Å². The van der Waals surface area contributed by atoms with Crippen molar-refractivity contribution in [3.63, 3.8) is 0 Å². The highest BCUT2D eigenvalue weighted by Gasteiger charge is 2.31. The first kappa shape index (κ1) is 17.6. The number of rotatable bonds is 5. The summed E-state index contributed by atoms with van der Waals surface area (Å²) < 4.78 is 0. The van der Waals surface area contributed by atoms with E-state index in [1.807, 2.05) is 20.8 Å². The van der Waals surface area contributed by atoms with Crippen molar-refractivity contribution in [2.45, 2.75) is 59.9 Å². The van der Waals surface area contributed by atoms with Crippen LogP contribution in [-0.4, -0.2) is 54.3 Å². The molecule has 0 saturated carbocycles. The van der Waals surface area contributed by atoms with Crippen LogP contribution in [0.25, 0.3) is 0 Å². The van der Waals surface area contributed by atoms with E-state index in [1.165, 1.54) is 19.6 Å². The highest BCUT2D eigenvalue weighted by Crippen LogP contribution is 2.23. The van der Waals surface area contributed by atoms with Gasteiger partial charge in [0.25, 0.3) is 0 Å². The zero-order valence-corrected chi connectivity index (χ0v) is 14.2. The second kappa shape index (κ2) is 8.78. The van der Waals surface area contributed by atoms with E-state index in [4.69, 9.17) is 0 Å². The molecule has 0 N–H and O–H groups in total. The van der Waals surface area contributed by atoms with Crippen LogP contribution in [0.1, 0.15) is 53.9 Å². The fourth-order valence-corrected chi connectivity index (χ4v) is 3.24. The molecule has 0 unspecified atom stereocenters. The molecule has 0 bridgehead atoms. The van der Waals surface area contributed by atoms with Crippen LogP contribution in [0.15, 0.2) is 0 Å². The summed E-state index contributed by atoms with van der Waals surface area (Å²) in [7, 11) is 0. The Morgan fingerprint density at radius 1 is 1.15 bits per heavy atom. The summed E-state index contributed by atoms with van der Waals surface area (Å²) in [5.74, 6) is 1.70. The Balaban J connectivity index is 0.000000956. The average Bonchev–Trinajstić information content (AvgIpc) is 2.44. The highest BCUT2D eigenvalue weighted by molar-refractivity contribution is 5.80. The zero-order chi connectivity index (χ0) is 15.1. The smallest absolute Gasteiger partial charge is 0.135 e. The summed E-state index contributed by atoms with van der Waals surface area (Å²) >= 11 is 0. The lowest BCUT2D eigenvalue weighted by Gasteiger charge is -2.45. The summed E-state index contributed by atoms with van der Waals surface area (Å²) in [6.45, 7) is 16.6. The van der Waals surface area contributed by atoms with Crippen molar-refractivity contribution in [2.24, 2.45) is 11.8 Å². The third-order valence-corrected chi connectivity index (χ3v) is 4.62. The Bertz CT molecular complexity index is 277. The number of hydrogen-bond acceptors (Lipinski definition) is 3. The van der Waals surface area contributed by atoms with Gasteiger partial charge in [-0.1, -0.05) is 20.8 Å². The maximum absolute atomic E-state index is 11.7. The van der Waals surface area contributed by atoms with E-state index in [9.17, 15) is 4.79 Å². The first-order valence-electron chi connectivity index (χ1n) is 8.59. The van der Waals surface area contributed by atoms with Gasteiger partial charge >= 0.3 is 0 Å². The number of likely N-dealkylation sites (tertiary alicyclic amines) is 2. The second-order valence-electron chi connectivity index (χ2n) is 6.31.